The third kappa shape index (κ3) is 2.17. The van der Waals surface area contributed by atoms with E-state index in [1.807, 2.05) is 56.3 Å². The summed E-state index contributed by atoms with van der Waals surface area (Å²) in [5.74, 6) is -0.120. The van der Waals surface area contributed by atoms with Crippen LogP contribution in [-0.4, -0.2) is 18.2 Å². The van der Waals surface area contributed by atoms with E-state index >= 15 is 0 Å². The zero-order valence-electron chi connectivity index (χ0n) is 13.1. The maximum Gasteiger partial charge on any atom is 0.314 e. The van der Waals surface area contributed by atoms with E-state index < -0.39 is 11.4 Å². The highest BCUT2D eigenvalue weighted by molar-refractivity contribution is 5.89. The SMILES string of the molecule is COc1ccc(C)cc1C1(C(=O)O)CC1c1ccc(C)cc1. The normalized spacial score (nSPS) is 23.1. The van der Waals surface area contributed by atoms with Crippen LogP contribution in [0.15, 0.2) is 42.5 Å². The highest BCUT2D eigenvalue weighted by Gasteiger charge is 2.63. The fourth-order valence-electron chi connectivity index (χ4n) is 3.28. The standard InChI is InChI=1S/C19H20O3/c1-12-4-7-14(8-5-12)16-11-19(16,18(20)21)15-10-13(2)6-9-17(15)22-3/h4-10,16H,11H2,1-3H3,(H,20,21). The number of methoxy groups -OCH3 is 1. The molecule has 0 bridgehead atoms. The van der Waals surface area contributed by atoms with Crippen molar-refractivity contribution in [3.05, 3.63) is 64.7 Å². The van der Waals surface area contributed by atoms with E-state index in [0.717, 1.165) is 16.7 Å². The topological polar surface area (TPSA) is 46.5 Å². The maximum atomic E-state index is 12.1. The summed E-state index contributed by atoms with van der Waals surface area (Å²) in [6.07, 6.45) is 0.616. The molecule has 3 heteroatoms. The van der Waals surface area contributed by atoms with E-state index in [2.05, 4.69) is 0 Å². The van der Waals surface area contributed by atoms with Crippen molar-refractivity contribution in [2.75, 3.05) is 7.11 Å². The van der Waals surface area contributed by atoms with Gasteiger partial charge in [0.25, 0.3) is 0 Å². The summed E-state index contributed by atoms with van der Waals surface area (Å²) in [6.45, 7) is 4.01. The average Bonchev–Trinajstić information content (AvgIpc) is 3.25. The van der Waals surface area contributed by atoms with E-state index in [-0.39, 0.29) is 5.92 Å². The minimum atomic E-state index is -0.868. The summed E-state index contributed by atoms with van der Waals surface area (Å²) in [5.41, 5.74) is 3.22. The van der Waals surface area contributed by atoms with Gasteiger partial charge in [0.05, 0.1) is 7.11 Å². The van der Waals surface area contributed by atoms with Crippen molar-refractivity contribution >= 4 is 5.97 Å². The Kier molecular flexibility index (Phi) is 3.44. The van der Waals surface area contributed by atoms with Crippen molar-refractivity contribution in [2.45, 2.75) is 31.6 Å². The zero-order valence-corrected chi connectivity index (χ0v) is 13.1. The summed E-state index contributed by atoms with van der Waals surface area (Å²) in [6, 6.07) is 13.9. The van der Waals surface area contributed by atoms with Crippen molar-refractivity contribution in [1.29, 1.82) is 0 Å². The highest BCUT2D eigenvalue weighted by atomic mass is 16.5. The van der Waals surface area contributed by atoms with Crippen LogP contribution in [0, 0.1) is 13.8 Å². The molecule has 0 heterocycles. The molecule has 0 spiro atoms. The van der Waals surface area contributed by atoms with E-state index in [9.17, 15) is 9.90 Å². The Bertz CT molecular complexity index is 718. The van der Waals surface area contributed by atoms with E-state index in [1.165, 1.54) is 5.56 Å². The molecule has 0 aromatic heterocycles. The summed E-state index contributed by atoms with van der Waals surface area (Å²) in [4.78, 5) is 12.1. The molecule has 3 nitrogen and oxygen atoms in total. The minimum Gasteiger partial charge on any atom is -0.496 e. The van der Waals surface area contributed by atoms with Crippen LogP contribution in [0.4, 0.5) is 0 Å². The van der Waals surface area contributed by atoms with Gasteiger partial charge in [0.1, 0.15) is 11.2 Å². The molecule has 22 heavy (non-hydrogen) atoms. The van der Waals surface area contributed by atoms with Crippen LogP contribution in [0.3, 0.4) is 0 Å². The molecule has 0 radical (unpaired) electrons. The predicted octanol–water partition coefficient (Wildman–Crippen LogP) is 3.82. The van der Waals surface area contributed by atoms with E-state index in [4.69, 9.17) is 4.74 Å². The molecule has 2 aromatic rings. The largest absolute Gasteiger partial charge is 0.496 e. The van der Waals surface area contributed by atoms with Gasteiger partial charge in [-0.15, -0.1) is 0 Å². The number of carboxylic acids is 1. The van der Waals surface area contributed by atoms with E-state index in [1.54, 1.807) is 7.11 Å². The quantitative estimate of drug-likeness (QED) is 0.933. The molecule has 114 valence electrons. The second kappa shape index (κ2) is 5.16. The third-order valence-corrected chi connectivity index (χ3v) is 4.66. The average molecular weight is 296 g/mol. The van der Waals surface area contributed by atoms with Crippen molar-refractivity contribution in [1.82, 2.24) is 0 Å². The molecule has 0 amide bonds. The number of benzene rings is 2. The number of aryl methyl sites for hydroxylation is 2. The molecule has 1 fully saturated rings. The highest BCUT2D eigenvalue weighted by Crippen LogP contribution is 2.62. The number of carbonyl (C=O) groups is 1. The molecule has 0 saturated heterocycles. The Morgan fingerprint density at radius 3 is 2.36 bits per heavy atom. The summed E-state index contributed by atoms with van der Waals surface area (Å²) in [7, 11) is 1.59. The van der Waals surface area contributed by atoms with Gasteiger partial charge in [-0.3, -0.25) is 4.79 Å². The van der Waals surface area contributed by atoms with Gasteiger partial charge in [0.15, 0.2) is 0 Å². The molecule has 3 rings (SSSR count). The van der Waals surface area contributed by atoms with Crippen LogP contribution in [-0.2, 0) is 10.2 Å². The smallest absolute Gasteiger partial charge is 0.314 e. The number of hydrogen-bond donors (Lipinski definition) is 1. The van der Waals surface area contributed by atoms with Gasteiger partial charge >= 0.3 is 5.97 Å². The Hall–Kier alpha value is -2.29. The van der Waals surface area contributed by atoms with Crippen molar-refractivity contribution < 1.29 is 14.6 Å². The molecule has 1 aliphatic carbocycles. The van der Waals surface area contributed by atoms with Crippen LogP contribution in [0.2, 0.25) is 0 Å². The fraction of sp³-hybridized carbons (Fsp3) is 0.316. The number of aliphatic carboxylic acids is 1. The van der Waals surface area contributed by atoms with Gasteiger partial charge < -0.3 is 9.84 Å². The van der Waals surface area contributed by atoms with Gasteiger partial charge in [-0.05, 0) is 31.9 Å². The summed E-state index contributed by atoms with van der Waals surface area (Å²) in [5, 5.41) is 9.90. The lowest BCUT2D eigenvalue weighted by atomic mass is 9.89. The van der Waals surface area contributed by atoms with Crippen LogP contribution < -0.4 is 4.74 Å². The molecule has 1 N–H and O–H groups in total. The van der Waals surface area contributed by atoms with Crippen molar-refractivity contribution in [2.24, 2.45) is 0 Å². The molecule has 2 aromatic carbocycles. The van der Waals surface area contributed by atoms with Gasteiger partial charge in [0, 0.05) is 11.5 Å². The van der Waals surface area contributed by atoms with Crippen molar-refractivity contribution in [3.8, 4) is 5.75 Å². The Morgan fingerprint density at radius 1 is 1.14 bits per heavy atom. The number of carboxylic acid groups (broad SMARTS) is 1. The number of hydrogen-bond acceptors (Lipinski definition) is 2. The molecule has 2 atom stereocenters. The number of rotatable bonds is 4. The number of ether oxygens (including phenoxy) is 1. The first-order chi connectivity index (χ1) is 10.5. The lowest BCUT2D eigenvalue weighted by molar-refractivity contribution is -0.140. The molecule has 0 aliphatic heterocycles. The zero-order chi connectivity index (χ0) is 15.9. The van der Waals surface area contributed by atoms with Crippen LogP contribution in [0.5, 0.6) is 5.75 Å². The second-order valence-electron chi connectivity index (χ2n) is 6.15. The first-order valence-corrected chi connectivity index (χ1v) is 7.44. The molecule has 1 saturated carbocycles. The van der Waals surface area contributed by atoms with Crippen molar-refractivity contribution in [3.63, 3.8) is 0 Å². The van der Waals surface area contributed by atoms with Gasteiger partial charge in [-0.2, -0.15) is 0 Å². The molecule has 1 aliphatic rings. The lowest BCUT2D eigenvalue weighted by Gasteiger charge is -2.18. The molecular weight excluding hydrogens is 276 g/mol. The lowest BCUT2D eigenvalue weighted by Crippen LogP contribution is -2.23. The fourth-order valence-corrected chi connectivity index (χ4v) is 3.28. The van der Waals surface area contributed by atoms with Gasteiger partial charge in [0.2, 0.25) is 0 Å². The third-order valence-electron chi connectivity index (χ3n) is 4.66. The van der Waals surface area contributed by atoms with Gasteiger partial charge in [-0.25, -0.2) is 0 Å². The first kappa shape index (κ1) is 14.6. The molecular formula is C19H20O3. The Morgan fingerprint density at radius 2 is 1.77 bits per heavy atom. The van der Waals surface area contributed by atoms with E-state index in [0.29, 0.717) is 12.2 Å². The van der Waals surface area contributed by atoms with Crippen LogP contribution in [0.1, 0.15) is 34.6 Å². The monoisotopic (exact) mass is 296 g/mol. The second-order valence-corrected chi connectivity index (χ2v) is 6.15. The Labute approximate surface area is 130 Å². The summed E-state index contributed by atoms with van der Waals surface area (Å²) < 4.78 is 5.42. The summed E-state index contributed by atoms with van der Waals surface area (Å²) >= 11 is 0. The maximum absolute atomic E-state index is 12.1. The van der Waals surface area contributed by atoms with Crippen LogP contribution >= 0.6 is 0 Å². The minimum absolute atomic E-state index is 0.00120. The predicted molar refractivity (Wildman–Crippen MR) is 85.6 cm³/mol. The van der Waals surface area contributed by atoms with Gasteiger partial charge in [-0.1, -0.05) is 47.5 Å². The first-order valence-electron chi connectivity index (χ1n) is 7.44. The van der Waals surface area contributed by atoms with Crippen LogP contribution in [0.25, 0.3) is 0 Å². The Balaban J connectivity index is 2.08. The molecule has 2 unspecified atom stereocenters.